The van der Waals surface area contributed by atoms with Crippen molar-refractivity contribution in [3.63, 3.8) is 0 Å². The molecule has 0 spiro atoms. The molecule has 0 aromatic rings. The van der Waals surface area contributed by atoms with Gasteiger partial charge in [0.25, 0.3) is 0 Å². The largest absolute Gasteiger partial charge is 0.478 e. The number of carboxylic acids is 1. The van der Waals surface area contributed by atoms with E-state index in [-0.39, 0.29) is 5.57 Å². The van der Waals surface area contributed by atoms with Crippen LogP contribution in [0.4, 0.5) is 0 Å². The van der Waals surface area contributed by atoms with E-state index in [1.807, 2.05) is 46.2 Å². The normalized spacial score (nSPS) is 15.7. The zero-order chi connectivity index (χ0) is 21.3. The van der Waals surface area contributed by atoms with Crippen LogP contribution in [0.5, 0.6) is 0 Å². The predicted molar refractivity (Wildman–Crippen MR) is 111 cm³/mol. The number of aliphatic hydroxyl groups is 3. The number of aliphatic hydroxyl groups excluding tert-OH is 2. The third-order valence-corrected chi connectivity index (χ3v) is 12.0. The maximum atomic E-state index is 10.9. The fourth-order valence-corrected chi connectivity index (χ4v) is 10.2. The first kappa shape index (κ1) is 27.9. The standard InChI is InChI=1S/C12H32O5Si3.C4H6O2/c1-8-9-12(15,11(14)10-13)18(16-19(2,3)4)17-20(5,6)7;1-3(2)4(5)6/h11,13-15,18H,8-10H2,1-7H3;1H2,2H3,(H,5,6). The Morgan fingerprint density at radius 2 is 1.50 bits per heavy atom. The second-order valence-electron chi connectivity index (χ2n) is 8.32. The lowest BCUT2D eigenvalue weighted by atomic mass is 10.1. The van der Waals surface area contributed by atoms with Crippen molar-refractivity contribution in [2.75, 3.05) is 6.61 Å². The Bertz CT molecular complexity index is 418. The lowest BCUT2D eigenvalue weighted by Crippen LogP contribution is -2.63. The number of carbonyl (C=O) groups is 1. The molecule has 26 heavy (non-hydrogen) atoms. The fourth-order valence-electron chi connectivity index (χ4n) is 1.87. The van der Waals surface area contributed by atoms with Gasteiger partial charge in [0.15, 0.2) is 16.6 Å². The minimum absolute atomic E-state index is 0.176. The second kappa shape index (κ2) is 11.5. The van der Waals surface area contributed by atoms with Crippen molar-refractivity contribution >= 4 is 31.9 Å². The smallest absolute Gasteiger partial charge is 0.336 e. The molecule has 10 heteroatoms. The summed E-state index contributed by atoms with van der Waals surface area (Å²) >= 11 is 0. The highest BCUT2D eigenvalue weighted by molar-refractivity contribution is 6.81. The summed E-state index contributed by atoms with van der Waals surface area (Å²) in [5.74, 6) is -0.935. The Balaban J connectivity index is 0. The quantitative estimate of drug-likeness (QED) is 0.312. The van der Waals surface area contributed by atoms with Gasteiger partial charge < -0.3 is 28.7 Å². The molecule has 156 valence electrons. The van der Waals surface area contributed by atoms with Crippen molar-refractivity contribution < 1.29 is 33.5 Å². The summed E-state index contributed by atoms with van der Waals surface area (Å²) < 4.78 is 12.2. The van der Waals surface area contributed by atoms with Crippen LogP contribution < -0.4 is 0 Å². The first-order valence-corrected chi connectivity index (χ1v) is 17.1. The number of hydrogen-bond acceptors (Lipinski definition) is 6. The molecule has 7 nitrogen and oxygen atoms in total. The van der Waals surface area contributed by atoms with Crippen LogP contribution in [0.1, 0.15) is 26.7 Å². The summed E-state index contributed by atoms with van der Waals surface area (Å²) in [4.78, 5) is 9.60. The number of aliphatic carboxylic acids is 1. The Morgan fingerprint density at radius 3 is 1.69 bits per heavy atom. The van der Waals surface area contributed by atoms with Gasteiger partial charge in [-0.15, -0.1) is 0 Å². The SMILES string of the molecule is C=C(C)C(=O)O.CCCC(O)(C(O)CO)[SiH](O[Si](C)(C)C)O[Si](C)(C)C. The highest BCUT2D eigenvalue weighted by Crippen LogP contribution is 2.27. The van der Waals surface area contributed by atoms with Gasteiger partial charge >= 0.3 is 15.3 Å². The first-order valence-electron chi connectivity index (χ1n) is 8.76. The van der Waals surface area contributed by atoms with Gasteiger partial charge in [-0.2, -0.15) is 0 Å². The predicted octanol–water partition coefficient (Wildman–Crippen LogP) is 1.98. The number of rotatable bonds is 10. The molecule has 0 aliphatic heterocycles. The van der Waals surface area contributed by atoms with Crippen LogP contribution in [0, 0.1) is 0 Å². The molecule has 0 aromatic heterocycles. The molecular weight excluding hydrogens is 388 g/mol. The van der Waals surface area contributed by atoms with Gasteiger partial charge in [-0.05, 0) is 52.6 Å². The van der Waals surface area contributed by atoms with Gasteiger partial charge in [0.1, 0.15) is 11.3 Å². The van der Waals surface area contributed by atoms with E-state index in [1.54, 1.807) is 0 Å². The molecule has 0 aliphatic rings. The molecule has 0 aromatic carbocycles. The molecule has 0 aliphatic carbocycles. The van der Waals surface area contributed by atoms with Crippen LogP contribution >= 0.6 is 0 Å². The molecule has 0 bridgehead atoms. The molecule has 4 N–H and O–H groups in total. The molecular formula is C16H38O7Si3. The van der Waals surface area contributed by atoms with E-state index in [2.05, 4.69) is 6.58 Å². The van der Waals surface area contributed by atoms with Gasteiger partial charge in [-0.3, -0.25) is 0 Å². The van der Waals surface area contributed by atoms with E-state index >= 15 is 0 Å². The number of hydrogen-bond donors (Lipinski definition) is 4. The summed E-state index contributed by atoms with van der Waals surface area (Å²) in [5, 5.41) is 36.7. The van der Waals surface area contributed by atoms with Crippen molar-refractivity contribution in [3.8, 4) is 0 Å². The van der Waals surface area contributed by atoms with E-state index in [0.29, 0.717) is 12.8 Å². The van der Waals surface area contributed by atoms with E-state index < -0.39 is 49.8 Å². The summed E-state index contributed by atoms with van der Waals surface area (Å²) in [6.07, 6.45) is -0.145. The first-order chi connectivity index (χ1) is 11.5. The Morgan fingerprint density at radius 1 is 1.15 bits per heavy atom. The van der Waals surface area contributed by atoms with E-state index in [1.165, 1.54) is 6.92 Å². The zero-order valence-corrected chi connectivity index (χ0v) is 20.7. The average Bonchev–Trinajstić information content (AvgIpc) is 2.43. The topological polar surface area (TPSA) is 116 Å². The summed E-state index contributed by atoms with van der Waals surface area (Å²) in [6, 6.07) is 0. The summed E-state index contributed by atoms with van der Waals surface area (Å²) in [7, 11) is -6.36. The monoisotopic (exact) mass is 426 g/mol. The van der Waals surface area contributed by atoms with E-state index in [0.717, 1.165) is 0 Å². The van der Waals surface area contributed by atoms with Crippen LogP contribution in [0.15, 0.2) is 12.2 Å². The van der Waals surface area contributed by atoms with Crippen molar-refractivity contribution in [3.05, 3.63) is 12.2 Å². The van der Waals surface area contributed by atoms with Gasteiger partial charge in [0.2, 0.25) is 0 Å². The maximum Gasteiger partial charge on any atom is 0.336 e. The van der Waals surface area contributed by atoms with Gasteiger partial charge in [-0.1, -0.05) is 19.9 Å². The summed E-state index contributed by atoms with van der Waals surface area (Å²) in [5.41, 5.74) is 0.176. The molecule has 0 fully saturated rings. The minimum atomic E-state index is -2.54. The Hall–Kier alpha value is -0.339. The van der Waals surface area contributed by atoms with E-state index in [9.17, 15) is 20.1 Å². The Kier molecular flexibility index (Phi) is 12.3. The van der Waals surface area contributed by atoms with Gasteiger partial charge in [0.05, 0.1) is 6.61 Å². The lowest BCUT2D eigenvalue weighted by Gasteiger charge is -2.42. The summed E-state index contributed by atoms with van der Waals surface area (Å²) in [6.45, 7) is 18.3. The molecule has 2 unspecified atom stereocenters. The second-order valence-corrected chi connectivity index (χ2v) is 20.3. The molecule has 2 atom stereocenters. The fraction of sp³-hybridized carbons (Fsp3) is 0.812. The van der Waals surface area contributed by atoms with Crippen LogP contribution in [0.3, 0.4) is 0 Å². The molecule has 0 radical (unpaired) electrons. The maximum absolute atomic E-state index is 10.9. The van der Waals surface area contributed by atoms with Gasteiger partial charge in [-0.25, -0.2) is 4.79 Å². The van der Waals surface area contributed by atoms with E-state index in [4.69, 9.17) is 13.3 Å². The zero-order valence-electron chi connectivity index (χ0n) is 17.5. The molecule has 0 heterocycles. The van der Waals surface area contributed by atoms with Crippen LogP contribution in [-0.4, -0.2) is 70.2 Å². The lowest BCUT2D eigenvalue weighted by molar-refractivity contribution is -0.132. The average molecular weight is 427 g/mol. The molecule has 0 saturated carbocycles. The molecule has 0 amide bonds. The van der Waals surface area contributed by atoms with Crippen molar-refractivity contribution in [2.45, 2.75) is 77.3 Å². The van der Waals surface area contributed by atoms with Crippen molar-refractivity contribution in [2.24, 2.45) is 0 Å². The number of carboxylic acid groups (broad SMARTS) is 1. The highest BCUT2D eigenvalue weighted by Gasteiger charge is 2.49. The van der Waals surface area contributed by atoms with Crippen LogP contribution in [-0.2, 0) is 13.0 Å². The van der Waals surface area contributed by atoms with Gasteiger partial charge in [0, 0.05) is 5.57 Å². The molecule has 0 saturated heterocycles. The Labute approximate surface area is 161 Å². The molecule has 0 rings (SSSR count). The van der Waals surface area contributed by atoms with Crippen LogP contribution in [0.2, 0.25) is 39.3 Å². The van der Waals surface area contributed by atoms with Crippen LogP contribution in [0.25, 0.3) is 0 Å². The highest BCUT2D eigenvalue weighted by atomic mass is 28.4. The van der Waals surface area contributed by atoms with Crippen molar-refractivity contribution in [1.29, 1.82) is 0 Å². The van der Waals surface area contributed by atoms with Crippen molar-refractivity contribution in [1.82, 2.24) is 0 Å². The third-order valence-electron chi connectivity index (χ3n) is 3.09. The minimum Gasteiger partial charge on any atom is -0.478 e. The third kappa shape index (κ3) is 12.1.